The molecule has 0 saturated heterocycles. The Hall–Kier alpha value is -0.500. The normalized spacial score (nSPS) is 13.2. The van der Waals surface area contributed by atoms with Crippen LogP contribution in [0, 0.1) is 0 Å². The van der Waals surface area contributed by atoms with Gasteiger partial charge in [-0.25, -0.2) is 4.18 Å². The van der Waals surface area contributed by atoms with Gasteiger partial charge in [0.15, 0.2) is 11.9 Å². The van der Waals surface area contributed by atoms with E-state index >= 15 is 0 Å². The van der Waals surface area contributed by atoms with E-state index in [4.69, 9.17) is 9.66 Å². The Kier molecular flexibility index (Phi) is 13.6. The topological polar surface area (TPSA) is 101 Å². The Morgan fingerprint density at radius 2 is 1.35 bits per heavy atom. The Bertz CT molecular complexity index is 393. The molecule has 7 heteroatoms. The van der Waals surface area contributed by atoms with Gasteiger partial charge >= 0.3 is 10.4 Å². The minimum atomic E-state index is -4.72. The number of hydrogen-bond donors (Lipinski definition) is 2. The summed E-state index contributed by atoms with van der Waals surface area (Å²) in [5.74, 6) is -0.499. The molecule has 0 rings (SSSR count). The van der Waals surface area contributed by atoms with Crippen molar-refractivity contribution in [2.24, 2.45) is 0 Å². The molecule has 0 bridgehead atoms. The van der Waals surface area contributed by atoms with Crippen LogP contribution in [0.3, 0.4) is 0 Å². The maximum atomic E-state index is 11.7. The maximum absolute atomic E-state index is 11.7. The van der Waals surface area contributed by atoms with Crippen molar-refractivity contribution < 1.29 is 27.1 Å². The van der Waals surface area contributed by atoms with Crippen LogP contribution in [0.2, 0.25) is 0 Å². The fraction of sp³-hybridized carbons (Fsp3) is 0.938. The Morgan fingerprint density at radius 1 is 0.913 bits per heavy atom. The average Bonchev–Trinajstić information content (AvgIpc) is 2.49. The first-order valence-electron chi connectivity index (χ1n) is 8.70. The second-order valence-electron chi connectivity index (χ2n) is 5.95. The number of hydrogen-bond acceptors (Lipinski definition) is 5. The van der Waals surface area contributed by atoms with E-state index in [1.54, 1.807) is 0 Å². The lowest BCUT2D eigenvalue weighted by Crippen LogP contribution is -2.30. The maximum Gasteiger partial charge on any atom is 0.398 e. The number of ketones is 1. The van der Waals surface area contributed by atoms with E-state index < -0.39 is 28.9 Å². The summed E-state index contributed by atoms with van der Waals surface area (Å²) in [6.45, 7) is 1.46. The molecule has 0 aromatic carbocycles. The van der Waals surface area contributed by atoms with Crippen LogP contribution in [-0.2, 0) is 19.4 Å². The lowest BCUT2D eigenvalue weighted by molar-refractivity contribution is -0.127. The van der Waals surface area contributed by atoms with Gasteiger partial charge in [0, 0.05) is 6.42 Å². The molecule has 0 aliphatic heterocycles. The minimum absolute atomic E-state index is 0.151. The predicted molar refractivity (Wildman–Crippen MR) is 89.6 cm³/mol. The molecule has 0 aromatic rings. The number of aliphatic hydroxyl groups excluding tert-OH is 1. The molecule has 0 saturated carbocycles. The van der Waals surface area contributed by atoms with E-state index in [-0.39, 0.29) is 6.42 Å². The first kappa shape index (κ1) is 22.5. The molecule has 138 valence electrons. The second kappa shape index (κ2) is 13.9. The van der Waals surface area contributed by atoms with Crippen LogP contribution in [-0.4, -0.2) is 36.6 Å². The zero-order valence-electron chi connectivity index (χ0n) is 14.2. The third-order valence-corrected chi connectivity index (χ3v) is 4.26. The van der Waals surface area contributed by atoms with Crippen LogP contribution in [0.25, 0.3) is 0 Å². The van der Waals surface area contributed by atoms with Crippen LogP contribution in [0.1, 0.15) is 84.0 Å². The Balaban J connectivity index is 3.54. The average molecular weight is 352 g/mol. The molecule has 1 atom stereocenters. The van der Waals surface area contributed by atoms with Gasteiger partial charge in [-0.2, -0.15) is 8.42 Å². The van der Waals surface area contributed by atoms with E-state index in [1.165, 1.54) is 44.9 Å². The van der Waals surface area contributed by atoms with Gasteiger partial charge in [-0.1, -0.05) is 71.1 Å². The number of carbonyl (C=O) groups excluding carboxylic acids is 1. The second-order valence-corrected chi connectivity index (χ2v) is 6.99. The highest BCUT2D eigenvalue weighted by molar-refractivity contribution is 7.80. The molecule has 0 aliphatic carbocycles. The molecule has 1 unspecified atom stereocenters. The van der Waals surface area contributed by atoms with Crippen molar-refractivity contribution in [3.63, 3.8) is 0 Å². The lowest BCUT2D eigenvalue weighted by Gasteiger charge is -2.11. The SMILES string of the molecule is CCCCCCCCCCCCCC(=O)C(CO)OS(=O)(=O)O. The summed E-state index contributed by atoms with van der Waals surface area (Å²) in [6, 6.07) is 0. The van der Waals surface area contributed by atoms with Gasteiger partial charge in [0.05, 0.1) is 6.61 Å². The van der Waals surface area contributed by atoms with E-state index in [0.29, 0.717) is 6.42 Å². The number of carbonyl (C=O) groups is 1. The van der Waals surface area contributed by atoms with Crippen molar-refractivity contribution in [3.8, 4) is 0 Å². The van der Waals surface area contributed by atoms with E-state index in [1.807, 2.05) is 0 Å². The quantitative estimate of drug-likeness (QED) is 0.326. The summed E-state index contributed by atoms with van der Waals surface area (Å²) in [5.41, 5.74) is 0. The summed E-state index contributed by atoms with van der Waals surface area (Å²) in [6.07, 6.45) is 11.4. The summed E-state index contributed by atoms with van der Waals surface area (Å²) in [7, 11) is -4.72. The Morgan fingerprint density at radius 3 is 1.74 bits per heavy atom. The number of unbranched alkanes of at least 4 members (excludes halogenated alkanes) is 10. The molecule has 2 N–H and O–H groups in total. The highest BCUT2D eigenvalue weighted by Crippen LogP contribution is 2.13. The zero-order chi connectivity index (χ0) is 17.6. The number of Topliss-reactive ketones (excluding diaryl/α,β-unsaturated/α-hetero) is 1. The van der Waals surface area contributed by atoms with Crippen LogP contribution in [0.5, 0.6) is 0 Å². The fourth-order valence-corrected chi connectivity index (χ4v) is 2.92. The van der Waals surface area contributed by atoms with E-state index in [0.717, 1.165) is 19.3 Å². The Labute approximate surface area is 140 Å². The zero-order valence-corrected chi connectivity index (χ0v) is 15.0. The molecular formula is C16H32O6S. The van der Waals surface area contributed by atoms with Crippen LogP contribution < -0.4 is 0 Å². The van der Waals surface area contributed by atoms with Crippen molar-refractivity contribution in [1.29, 1.82) is 0 Å². The number of rotatable bonds is 16. The summed E-state index contributed by atoms with van der Waals surface area (Å²) < 4.78 is 33.7. The third kappa shape index (κ3) is 14.8. The van der Waals surface area contributed by atoms with Gasteiger partial charge < -0.3 is 5.11 Å². The van der Waals surface area contributed by atoms with Gasteiger partial charge in [0.2, 0.25) is 0 Å². The lowest BCUT2D eigenvalue weighted by atomic mass is 10.0. The van der Waals surface area contributed by atoms with Crippen molar-refractivity contribution >= 4 is 16.2 Å². The van der Waals surface area contributed by atoms with Gasteiger partial charge in [0.25, 0.3) is 0 Å². The van der Waals surface area contributed by atoms with Gasteiger partial charge in [-0.15, -0.1) is 0 Å². The van der Waals surface area contributed by atoms with E-state index in [2.05, 4.69) is 11.1 Å². The first-order valence-corrected chi connectivity index (χ1v) is 10.1. The molecule has 23 heavy (non-hydrogen) atoms. The summed E-state index contributed by atoms with van der Waals surface area (Å²) >= 11 is 0. The molecule has 0 fully saturated rings. The molecule has 0 spiro atoms. The molecule has 0 radical (unpaired) electrons. The largest absolute Gasteiger partial charge is 0.398 e. The summed E-state index contributed by atoms with van der Waals surface area (Å²) in [5, 5.41) is 8.92. The minimum Gasteiger partial charge on any atom is -0.393 e. The smallest absolute Gasteiger partial charge is 0.393 e. The molecule has 0 heterocycles. The van der Waals surface area contributed by atoms with E-state index in [9.17, 15) is 13.2 Å². The predicted octanol–water partition coefficient (Wildman–Crippen LogP) is 3.44. The van der Waals surface area contributed by atoms with Crippen molar-refractivity contribution in [2.75, 3.05) is 6.61 Å². The van der Waals surface area contributed by atoms with Crippen LogP contribution in [0.15, 0.2) is 0 Å². The van der Waals surface area contributed by atoms with Gasteiger partial charge in [-0.3, -0.25) is 9.35 Å². The summed E-state index contributed by atoms with van der Waals surface area (Å²) in [4.78, 5) is 11.7. The highest BCUT2D eigenvalue weighted by atomic mass is 32.3. The van der Waals surface area contributed by atoms with Gasteiger partial charge in [0.1, 0.15) is 0 Å². The fourth-order valence-electron chi connectivity index (χ4n) is 2.46. The molecule has 0 aromatic heterocycles. The van der Waals surface area contributed by atoms with Gasteiger partial charge in [-0.05, 0) is 6.42 Å². The highest BCUT2D eigenvalue weighted by Gasteiger charge is 2.23. The molecule has 0 amide bonds. The van der Waals surface area contributed by atoms with Crippen molar-refractivity contribution in [1.82, 2.24) is 0 Å². The van der Waals surface area contributed by atoms with Crippen molar-refractivity contribution in [3.05, 3.63) is 0 Å². The third-order valence-electron chi connectivity index (χ3n) is 3.79. The molecular weight excluding hydrogens is 320 g/mol. The molecule has 0 aliphatic rings. The van der Waals surface area contributed by atoms with Crippen LogP contribution >= 0.6 is 0 Å². The number of aliphatic hydroxyl groups is 1. The van der Waals surface area contributed by atoms with Crippen molar-refractivity contribution in [2.45, 2.75) is 90.1 Å². The molecule has 6 nitrogen and oxygen atoms in total. The first-order chi connectivity index (χ1) is 10.9. The monoisotopic (exact) mass is 352 g/mol. The van der Waals surface area contributed by atoms with Crippen LogP contribution in [0.4, 0.5) is 0 Å². The standard InChI is InChI=1S/C16H32O6S/c1-2-3-4-5-6-7-8-9-10-11-12-13-15(18)16(14-17)22-23(19,20)21/h16-17H,2-14H2,1H3,(H,19,20,21).